The minimum Gasteiger partial charge on any atom is -0.309 e. The summed E-state index contributed by atoms with van der Waals surface area (Å²) < 4.78 is 4.56. The number of pyridine rings is 2. The minimum atomic E-state index is 0.905. The van der Waals surface area contributed by atoms with Crippen molar-refractivity contribution in [3.05, 3.63) is 182 Å². The Morgan fingerprint density at radius 2 is 1.14 bits per heavy atom. The fraction of sp³-hybridized carbons (Fsp3) is 0.115. The second kappa shape index (κ2) is 18.0. The van der Waals surface area contributed by atoms with Crippen molar-refractivity contribution >= 4 is 50.6 Å². The maximum Gasteiger partial charge on any atom is 0.0702 e. The van der Waals surface area contributed by atoms with E-state index in [1.165, 1.54) is 21.8 Å². The fourth-order valence-corrected chi connectivity index (χ4v) is 7.20. The number of aromatic nitrogens is 4. The Labute approximate surface area is 331 Å². The third kappa shape index (κ3) is 7.34. The molecular weight excluding hydrogens is 681 g/mol. The molecule has 8 rings (SSSR count). The average molecular weight is 731 g/mol. The number of hydrogen-bond acceptors (Lipinski definition) is 2. The van der Waals surface area contributed by atoms with E-state index in [4.69, 9.17) is 9.97 Å². The van der Waals surface area contributed by atoms with Crippen LogP contribution in [0.5, 0.6) is 0 Å². The summed E-state index contributed by atoms with van der Waals surface area (Å²) in [5.41, 5.74) is 13.8. The number of benzene rings is 4. The van der Waals surface area contributed by atoms with Crippen molar-refractivity contribution in [3.63, 3.8) is 0 Å². The standard InChI is InChI=1S/C48H38N4.2C2H6/c1-5-9-16-37(7-3)51-45(15-6-2)39(8-4)41-29-33(23-27-47(41)51)43-25-21-35(31-49-43)36-22-26-44(50-32-36)34-24-28-48-42(30-34)40-19-13-14-20-46(40)52(48)38-17-11-10-12-18-38;2*1-2/h5-32H,3-4H2,1-2H3;2*1-2H3/b9-5-,15-6-,37-16+;;. The van der Waals surface area contributed by atoms with Crippen LogP contribution in [0.4, 0.5) is 0 Å². The van der Waals surface area contributed by atoms with Crippen molar-refractivity contribution in [1.82, 2.24) is 19.1 Å². The summed E-state index contributed by atoms with van der Waals surface area (Å²) in [6.07, 6.45) is 18.0. The molecule has 4 aromatic heterocycles. The molecule has 278 valence electrons. The van der Waals surface area contributed by atoms with Gasteiger partial charge in [0.15, 0.2) is 0 Å². The van der Waals surface area contributed by atoms with Gasteiger partial charge < -0.3 is 9.13 Å². The molecule has 0 N–H and O–H groups in total. The van der Waals surface area contributed by atoms with Gasteiger partial charge >= 0.3 is 0 Å². The fourth-order valence-electron chi connectivity index (χ4n) is 7.20. The molecule has 0 bridgehead atoms. The first-order chi connectivity index (χ1) is 27.6. The van der Waals surface area contributed by atoms with E-state index in [-0.39, 0.29) is 0 Å². The predicted octanol–water partition coefficient (Wildman–Crippen LogP) is 14.9. The average Bonchev–Trinajstić information content (AvgIpc) is 3.77. The molecule has 4 aromatic carbocycles. The third-order valence-corrected chi connectivity index (χ3v) is 9.64. The van der Waals surface area contributed by atoms with Gasteiger partial charge in [0.2, 0.25) is 0 Å². The summed E-state index contributed by atoms with van der Waals surface area (Å²) in [6.45, 7) is 20.3. The van der Waals surface area contributed by atoms with Gasteiger partial charge in [0.05, 0.1) is 33.6 Å². The first-order valence-electron chi connectivity index (χ1n) is 19.5. The lowest BCUT2D eigenvalue weighted by molar-refractivity contribution is 1.15. The number of hydrogen-bond donors (Lipinski definition) is 0. The van der Waals surface area contributed by atoms with Gasteiger partial charge in [0.25, 0.3) is 0 Å². The molecule has 0 unspecified atom stereocenters. The summed E-state index contributed by atoms with van der Waals surface area (Å²) in [7, 11) is 0. The molecule has 0 aliphatic carbocycles. The van der Waals surface area contributed by atoms with Crippen LogP contribution in [0.15, 0.2) is 171 Å². The van der Waals surface area contributed by atoms with Crippen molar-refractivity contribution in [2.75, 3.05) is 0 Å². The summed E-state index contributed by atoms with van der Waals surface area (Å²) >= 11 is 0. The predicted molar refractivity (Wildman–Crippen MR) is 245 cm³/mol. The van der Waals surface area contributed by atoms with Gasteiger partial charge in [-0.1, -0.05) is 126 Å². The zero-order chi connectivity index (χ0) is 39.6. The SMILES string of the molecule is C=C/C(=C\C=C/C)n1c(/C=C\C)c(C=C)c2cc(-c3ccc(-c4ccc(-c5ccc6c(c5)c5ccccc5n6-c5ccccc5)nc4)cn3)ccc21.CC.CC. The Bertz CT molecular complexity index is 2700. The summed E-state index contributed by atoms with van der Waals surface area (Å²) in [5.74, 6) is 0. The van der Waals surface area contributed by atoms with Crippen LogP contribution in [0.1, 0.15) is 52.8 Å². The summed E-state index contributed by atoms with van der Waals surface area (Å²) in [6, 6.07) is 40.7. The first kappa shape index (κ1) is 38.9. The van der Waals surface area contributed by atoms with Crippen LogP contribution in [0.25, 0.3) is 89.9 Å². The second-order valence-electron chi connectivity index (χ2n) is 12.7. The Kier molecular flexibility index (Phi) is 12.5. The number of rotatable bonds is 9. The quantitative estimate of drug-likeness (QED) is 0.139. The normalized spacial score (nSPS) is 11.5. The molecule has 0 aliphatic rings. The molecule has 4 heterocycles. The van der Waals surface area contributed by atoms with Gasteiger partial charge in [-0.3, -0.25) is 9.97 Å². The highest BCUT2D eigenvalue weighted by Gasteiger charge is 2.17. The molecular formula is C52H50N4. The molecule has 8 aromatic rings. The van der Waals surface area contributed by atoms with Crippen LogP contribution in [0.2, 0.25) is 0 Å². The Morgan fingerprint density at radius 1 is 0.571 bits per heavy atom. The lowest BCUT2D eigenvalue weighted by Crippen LogP contribution is -1.97. The van der Waals surface area contributed by atoms with Crippen LogP contribution in [0, 0.1) is 0 Å². The van der Waals surface area contributed by atoms with Crippen molar-refractivity contribution in [2.45, 2.75) is 41.5 Å². The molecule has 0 saturated heterocycles. The number of fused-ring (bicyclic) bond motifs is 4. The van der Waals surface area contributed by atoms with Crippen LogP contribution >= 0.6 is 0 Å². The van der Waals surface area contributed by atoms with E-state index in [1.54, 1.807) is 0 Å². The molecule has 0 spiro atoms. The second-order valence-corrected chi connectivity index (χ2v) is 12.7. The molecule has 0 amide bonds. The zero-order valence-electron chi connectivity index (χ0n) is 33.4. The monoisotopic (exact) mass is 730 g/mol. The van der Waals surface area contributed by atoms with Crippen LogP contribution < -0.4 is 0 Å². The molecule has 0 fully saturated rings. The Morgan fingerprint density at radius 3 is 1.71 bits per heavy atom. The van der Waals surface area contributed by atoms with E-state index in [0.717, 1.165) is 67.2 Å². The highest BCUT2D eigenvalue weighted by molar-refractivity contribution is 6.10. The topological polar surface area (TPSA) is 35.6 Å². The van der Waals surface area contributed by atoms with Gasteiger partial charge in [0.1, 0.15) is 0 Å². The number of para-hydroxylation sites is 2. The van der Waals surface area contributed by atoms with E-state index in [9.17, 15) is 0 Å². The van der Waals surface area contributed by atoms with Crippen molar-refractivity contribution in [2.24, 2.45) is 0 Å². The van der Waals surface area contributed by atoms with E-state index in [2.05, 4.69) is 156 Å². The minimum absolute atomic E-state index is 0.905. The largest absolute Gasteiger partial charge is 0.309 e. The summed E-state index contributed by atoms with van der Waals surface area (Å²) in [5, 5.41) is 3.55. The van der Waals surface area contributed by atoms with Crippen LogP contribution in [-0.2, 0) is 0 Å². The van der Waals surface area contributed by atoms with E-state index in [1.807, 2.05) is 78.2 Å². The maximum absolute atomic E-state index is 4.91. The van der Waals surface area contributed by atoms with Gasteiger partial charge in [-0.05, 0) is 86.7 Å². The van der Waals surface area contributed by atoms with Crippen LogP contribution in [-0.4, -0.2) is 19.1 Å². The lowest BCUT2D eigenvalue weighted by atomic mass is 10.0. The van der Waals surface area contributed by atoms with Crippen molar-refractivity contribution in [3.8, 4) is 39.3 Å². The van der Waals surface area contributed by atoms with E-state index in [0.29, 0.717) is 0 Å². The van der Waals surface area contributed by atoms with Gasteiger partial charge in [-0.2, -0.15) is 0 Å². The van der Waals surface area contributed by atoms with E-state index < -0.39 is 0 Å². The Balaban J connectivity index is 0.00000129. The molecule has 4 heteroatoms. The van der Waals surface area contributed by atoms with Gasteiger partial charge in [0, 0.05) is 67.8 Å². The van der Waals surface area contributed by atoms with Crippen molar-refractivity contribution in [1.29, 1.82) is 0 Å². The highest BCUT2D eigenvalue weighted by Crippen LogP contribution is 2.36. The summed E-state index contributed by atoms with van der Waals surface area (Å²) in [4.78, 5) is 9.81. The zero-order valence-corrected chi connectivity index (χ0v) is 33.4. The smallest absolute Gasteiger partial charge is 0.0702 e. The molecule has 4 nitrogen and oxygen atoms in total. The Hall–Kier alpha value is -6.78. The molecule has 0 atom stereocenters. The number of allylic oxidation sites excluding steroid dienone is 6. The molecule has 0 aliphatic heterocycles. The third-order valence-electron chi connectivity index (χ3n) is 9.64. The van der Waals surface area contributed by atoms with E-state index >= 15 is 0 Å². The maximum atomic E-state index is 4.91. The number of nitrogens with zero attached hydrogens (tertiary/aromatic N) is 4. The molecule has 56 heavy (non-hydrogen) atoms. The first-order valence-corrected chi connectivity index (χ1v) is 19.5. The molecule has 0 radical (unpaired) electrons. The van der Waals surface area contributed by atoms with Crippen molar-refractivity contribution < 1.29 is 0 Å². The van der Waals surface area contributed by atoms with Gasteiger partial charge in [-0.25, -0.2) is 0 Å². The highest BCUT2D eigenvalue weighted by atomic mass is 15.0. The van der Waals surface area contributed by atoms with Gasteiger partial charge in [-0.15, -0.1) is 0 Å². The lowest BCUT2D eigenvalue weighted by Gasteiger charge is -2.10. The molecule has 0 saturated carbocycles. The van der Waals surface area contributed by atoms with Crippen LogP contribution in [0.3, 0.4) is 0 Å².